The highest BCUT2D eigenvalue weighted by atomic mass is 32.2. The van der Waals surface area contributed by atoms with Crippen LogP contribution in [0.15, 0.2) is 64.5 Å². The quantitative estimate of drug-likeness (QED) is 0.827. The van der Waals surface area contributed by atoms with Crippen molar-refractivity contribution < 1.29 is 9.53 Å². The number of carbonyl (C=O) groups excluding carboxylic acids is 1. The van der Waals surface area contributed by atoms with Crippen molar-refractivity contribution in [3.8, 4) is 5.75 Å². The number of carbonyl (C=O) groups is 1. The number of pyridine rings is 1. The van der Waals surface area contributed by atoms with Crippen molar-refractivity contribution in [1.29, 1.82) is 5.41 Å². The van der Waals surface area contributed by atoms with E-state index in [4.69, 9.17) is 10.1 Å². The summed E-state index contributed by atoms with van der Waals surface area (Å²) in [5.74, 6) is 0.307. The monoisotopic (exact) mass is 377 g/mol. The van der Waals surface area contributed by atoms with Gasteiger partial charge >= 0.3 is 0 Å². The van der Waals surface area contributed by atoms with Gasteiger partial charge in [0.1, 0.15) is 17.4 Å². The van der Waals surface area contributed by atoms with Gasteiger partial charge < -0.3 is 4.74 Å². The highest BCUT2D eigenvalue weighted by Gasteiger charge is 2.35. The largest absolute Gasteiger partial charge is 0.486 e. The van der Waals surface area contributed by atoms with E-state index in [2.05, 4.69) is 15.1 Å². The third kappa shape index (κ3) is 3.52. The molecule has 0 saturated heterocycles. The average Bonchev–Trinajstić information content (AvgIpc) is 3.08. The number of fused-ring (bicyclic) bond motifs is 1. The topological polar surface area (TPSA) is 91.0 Å². The summed E-state index contributed by atoms with van der Waals surface area (Å²) in [6, 6.07) is 11.3. The fourth-order valence-corrected chi connectivity index (χ4v) is 3.37. The number of para-hydroxylation sites is 1. The number of nitrogens with one attached hydrogen (secondary N) is 1. The molecule has 7 nitrogen and oxygen atoms in total. The molecule has 0 spiro atoms. The molecule has 4 rings (SSSR count). The van der Waals surface area contributed by atoms with E-state index in [9.17, 15) is 4.79 Å². The van der Waals surface area contributed by atoms with Crippen LogP contribution in [0.4, 0.5) is 0 Å². The Morgan fingerprint density at radius 1 is 1.26 bits per heavy atom. The molecule has 0 fully saturated rings. The predicted octanol–water partition coefficient (Wildman–Crippen LogP) is 3.09. The van der Waals surface area contributed by atoms with Crippen molar-refractivity contribution in [3.05, 3.63) is 65.5 Å². The number of aryl methyl sites for hydroxylation is 1. The van der Waals surface area contributed by atoms with Gasteiger partial charge in [0, 0.05) is 12.4 Å². The second-order valence-electron chi connectivity index (χ2n) is 5.85. The van der Waals surface area contributed by atoms with Crippen LogP contribution < -0.4 is 4.74 Å². The van der Waals surface area contributed by atoms with Crippen LogP contribution in [0.3, 0.4) is 0 Å². The Bertz CT molecular complexity index is 1010. The lowest BCUT2D eigenvalue weighted by atomic mass is 10.1. The van der Waals surface area contributed by atoms with Gasteiger partial charge in [-0.05, 0) is 48.0 Å². The van der Waals surface area contributed by atoms with E-state index in [1.807, 2.05) is 37.3 Å². The van der Waals surface area contributed by atoms with E-state index in [0.29, 0.717) is 10.2 Å². The molecule has 1 N–H and O–H groups in total. The van der Waals surface area contributed by atoms with Gasteiger partial charge in [-0.2, -0.15) is 15.1 Å². The van der Waals surface area contributed by atoms with Gasteiger partial charge in [-0.15, -0.1) is 0 Å². The molecular weight excluding hydrogens is 362 g/mol. The molecule has 134 valence electrons. The van der Waals surface area contributed by atoms with Crippen molar-refractivity contribution in [1.82, 2.24) is 9.99 Å². The summed E-state index contributed by atoms with van der Waals surface area (Å²) < 4.78 is 5.80. The molecule has 0 saturated carbocycles. The number of ether oxygens (including phenoxy) is 1. The normalized spacial score (nSPS) is 17.7. The third-order valence-electron chi connectivity index (χ3n) is 3.94. The lowest BCUT2D eigenvalue weighted by Crippen LogP contribution is -2.35. The van der Waals surface area contributed by atoms with Crippen molar-refractivity contribution in [2.24, 2.45) is 10.1 Å². The van der Waals surface area contributed by atoms with Crippen LogP contribution in [0.2, 0.25) is 0 Å². The summed E-state index contributed by atoms with van der Waals surface area (Å²) in [7, 11) is 0. The van der Waals surface area contributed by atoms with Crippen molar-refractivity contribution in [3.63, 3.8) is 0 Å². The van der Waals surface area contributed by atoms with Crippen molar-refractivity contribution in [2.75, 3.05) is 6.61 Å². The highest BCUT2D eigenvalue weighted by Crippen LogP contribution is 2.28. The number of aliphatic imine (C=N–C) groups is 1. The third-order valence-corrected chi connectivity index (χ3v) is 4.82. The number of hydrazone groups is 1. The first-order valence-electron chi connectivity index (χ1n) is 8.19. The van der Waals surface area contributed by atoms with E-state index in [-0.39, 0.29) is 18.0 Å². The zero-order chi connectivity index (χ0) is 18.8. The van der Waals surface area contributed by atoms with Crippen LogP contribution in [0, 0.1) is 12.3 Å². The van der Waals surface area contributed by atoms with E-state index < -0.39 is 5.91 Å². The molecule has 2 aliphatic rings. The summed E-state index contributed by atoms with van der Waals surface area (Å²) in [5, 5.41) is 15.1. The standard InChI is InChI=1S/C19H15N5O2S/c1-12-5-2-3-7-15(12)26-11-16-23-24-17(20)14(18(25)22-19(24)27-16)9-13-6-4-8-21-10-13/h2-10,20H,11H2,1H3. The first-order valence-corrected chi connectivity index (χ1v) is 9.01. The van der Waals surface area contributed by atoms with Gasteiger partial charge in [0.25, 0.3) is 5.91 Å². The number of hydrogen-bond donors (Lipinski definition) is 1. The number of hydrogen-bond acceptors (Lipinski definition) is 6. The smallest absolute Gasteiger partial charge is 0.283 e. The van der Waals surface area contributed by atoms with Gasteiger partial charge in [-0.25, -0.2) is 0 Å². The molecule has 0 atom stereocenters. The maximum atomic E-state index is 12.3. The zero-order valence-electron chi connectivity index (χ0n) is 14.4. The molecule has 1 aromatic carbocycles. The van der Waals surface area contributed by atoms with Crippen LogP contribution in [-0.4, -0.2) is 38.6 Å². The fraction of sp³-hybridized carbons (Fsp3) is 0.105. The molecular formula is C19H15N5O2S. The Labute approximate surface area is 160 Å². The first kappa shape index (κ1) is 17.2. The summed E-state index contributed by atoms with van der Waals surface area (Å²) in [4.78, 5) is 20.4. The maximum Gasteiger partial charge on any atom is 0.283 e. The molecule has 0 unspecified atom stereocenters. The number of amidine groups is 2. The molecule has 2 aromatic rings. The molecule has 0 aliphatic carbocycles. The van der Waals surface area contributed by atoms with Gasteiger partial charge in [0.2, 0.25) is 5.17 Å². The number of aromatic nitrogens is 1. The van der Waals surface area contributed by atoms with E-state index in [0.717, 1.165) is 16.9 Å². The Kier molecular flexibility index (Phi) is 4.55. The van der Waals surface area contributed by atoms with Gasteiger partial charge in [-0.3, -0.25) is 15.2 Å². The van der Waals surface area contributed by atoms with Crippen LogP contribution in [0.5, 0.6) is 5.75 Å². The van der Waals surface area contributed by atoms with Crippen LogP contribution in [-0.2, 0) is 4.79 Å². The average molecular weight is 377 g/mol. The van der Waals surface area contributed by atoms with Crippen molar-refractivity contribution >= 4 is 39.8 Å². The molecule has 3 heterocycles. The molecule has 2 aliphatic heterocycles. The predicted molar refractivity (Wildman–Crippen MR) is 106 cm³/mol. The lowest BCUT2D eigenvalue weighted by molar-refractivity contribution is -0.114. The lowest BCUT2D eigenvalue weighted by Gasteiger charge is -2.20. The second kappa shape index (κ2) is 7.16. The minimum absolute atomic E-state index is 0.00718. The molecule has 0 radical (unpaired) electrons. The van der Waals surface area contributed by atoms with E-state index in [1.165, 1.54) is 16.8 Å². The minimum Gasteiger partial charge on any atom is -0.486 e. The first-order chi connectivity index (χ1) is 13.1. The van der Waals surface area contributed by atoms with Crippen molar-refractivity contribution in [2.45, 2.75) is 6.92 Å². The number of amides is 1. The number of rotatable bonds is 4. The Hall–Kier alpha value is -3.26. The number of benzene rings is 1. The zero-order valence-corrected chi connectivity index (χ0v) is 15.2. The van der Waals surface area contributed by atoms with E-state index in [1.54, 1.807) is 24.5 Å². The molecule has 27 heavy (non-hydrogen) atoms. The SMILES string of the molecule is Cc1ccccc1OCC1=NN2C(=N)C(=Cc3cccnc3)C(=O)N=C2S1. The summed E-state index contributed by atoms with van der Waals surface area (Å²) in [6.07, 6.45) is 4.87. The fourth-order valence-electron chi connectivity index (χ4n) is 2.58. The molecule has 8 heteroatoms. The second-order valence-corrected chi connectivity index (χ2v) is 6.89. The van der Waals surface area contributed by atoms with Gasteiger partial charge in [0.15, 0.2) is 5.84 Å². The number of nitrogens with zero attached hydrogens (tertiary/aromatic N) is 4. The minimum atomic E-state index is -0.459. The molecule has 0 bridgehead atoms. The van der Waals surface area contributed by atoms with Gasteiger partial charge in [-0.1, -0.05) is 24.3 Å². The summed E-state index contributed by atoms with van der Waals surface area (Å²) in [6.45, 7) is 2.21. The molecule has 1 aromatic heterocycles. The highest BCUT2D eigenvalue weighted by molar-refractivity contribution is 8.27. The maximum absolute atomic E-state index is 12.3. The van der Waals surface area contributed by atoms with Crippen LogP contribution in [0.25, 0.3) is 6.08 Å². The van der Waals surface area contributed by atoms with E-state index >= 15 is 0 Å². The van der Waals surface area contributed by atoms with Gasteiger partial charge in [0.05, 0.1) is 5.57 Å². The van der Waals surface area contributed by atoms with Crippen LogP contribution >= 0.6 is 11.8 Å². The Morgan fingerprint density at radius 3 is 2.89 bits per heavy atom. The number of thioether (sulfide) groups is 1. The van der Waals surface area contributed by atoms with Crippen LogP contribution in [0.1, 0.15) is 11.1 Å². The molecule has 1 amide bonds. The summed E-state index contributed by atoms with van der Waals surface area (Å²) >= 11 is 1.24. The Balaban J connectivity index is 1.53. The summed E-state index contributed by atoms with van der Waals surface area (Å²) in [5.41, 5.74) is 1.93. The Morgan fingerprint density at radius 2 is 2.11 bits per heavy atom.